The molecule has 1 aliphatic heterocycles. The SMILES string of the molecule is Cc1ccccc1CO[C@H]1CCCC1Nc1nc(Cl)nc2c1ncn2[C@@H]1O[C@H](CO)[C@@H](O)[C@H]1O. The second kappa shape index (κ2) is 9.73. The van der Waals surface area contributed by atoms with Gasteiger partial charge in [0, 0.05) is 0 Å². The van der Waals surface area contributed by atoms with Crippen molar-refractivity contribution in [2.45, 2.75) is 69.5 Å². The molecule has 0 amide bonds. The molecular formula is C23H28ClN5O5. The Hall–Kier alpha value is -2.34. The van der Waals surface area contributed by atoms with Crippen LogP contribution in [0.3, 0.4) is 0 Å². The number of nitrogens with one attached hydrogen (secondary N) is 1. The number of nitrogens with zero attached hydrogens (tertiary/aromatic N) is 4. The Balaban J connectivity index is 1.36. The molecule has 1 saturated heterocycles. The molecule has 0 bridgehead atoms. The Bertz CT molecular complexity index is 1160. The largest absolute Gasteiger partial charge is 0.394 e. The number of hydrogen-bond donors (Lipinski definition) is 4. The predicted octanol–water partition coefficient (Wildman–Crippen LogP) is 1.95. The lowest BCUT2D eigenvalue weighted by atomic mass is 10.1. The highest BCUT2D eigenvalue weighted by atomic mass is 35.5. The monoisotopic (exact) mass is 489 g/mol. The van der Waals surface area contributed by atoms with Crippen LogP contribution in [0.2, 0.25) is 5.28 Å². The topological polar surface area (TPSA) is 135 Å². The number of ether oxygens (including phenoxy) is 2. The lowest BCUT2D eigenvalue weighted by Gasteiger charge is -2.23. The molecule has 2 aliphatic rings. The normalized spacial score (nSPS) is 29.2. The Morgan fingerprint density at radius 3 is 2.79 bits per heavy atom. The molecule has 2 fully saturated rings. The second-order valence-electron chi connectivity index (χ2n) is 8.85. The Labute approximate surface area is 201 Å². The minimum absolute atomic E-state index is 0.00549. The molecule has 1 saturated carbocycles. The number of aliphatic hydroxyl groups excluding tert-OH is 3. The van der Waals surface area contributed by atoms with Gasteiger partial charge in [-0.15, -0.1) is 0 Å². The van der Waals surface area contributed by atoms with Gasteiger partial charge in [0.15, 0.2) is 23.2 Å². The van der Waals surface area contributed by atoms with E-state index in [1.165, 1.54) is 16.5 Å². The zero-order chi connectivity index (χ0) is 23.8. The van der Waals surface area contributed by atoms with Crippen molar-refractivity contribution in [1.82, 2.24) is 19.5 Å². The average Bonchev–Trinajstić information content (AvgIpc) is 3.52. The maximum absolute atomic E-state index is 10.4. The molecule has 2 aromatic heterocycles. The van der Waals surface area contributed by atoms with Crippen molar-refractivity contribution in [1.29, 1.82) is 0 Å². The highest BCUT2D eigenvalue weighted by Crippen LogP contribution is 2.34. The van der Waals surface area contributed by atoms with Gasteiger partial charge in [-0.25, -0.2) is 4.98 Å². The van der Waals surface area contributed by atoms with Gasteiger partial charge in [-0.3, -0.25) is 4.57 Å². The van der Waals surface area contributed by atoms with Crippen LogP contribution in [0.15, 0.2) is 30.6 Å². The Morgan fingerprint density at radius 1 is 1.21 bits per heavy atom. The maximum atomic E-state index is 10.4. The fourth-order valence-corrected chi connectivity index (χ4v) is 4.89. The lowest BCUT2D eigenvalue weighted by Crippen LogP contribution is -2.33. The van der Waals surface area contributed by atoms with Crippen molar-refractivity contribution < 1.29 is 24.8 Å². The summed E-state index contributed by atoms with van der Waals surface area (Å²) in [4.78, 5) is 13.1. The van der Waals surface area contributed by atoms with E-state index in [4.69, 9.17) is 21.1 Å². The van der Waals surface area contributed by atoms with Crippen LogP contribution in [-0.2, 0) is 16.1 Å². The van der Waals surface area contributed by atoms with Crippen molar-refractivity contribution in [3.63, 3.8) is 0 Å². The lowest BCUT2D eigenvalue weighted by molar-refractivity contribution is -0.0511. The summed E-state index contributed by atoms with van der Waals surface area (Å²) in [6.07, 6.45) is -0.0206. The summed E-state index contributed by atoms with van der Waals surface area (Å²) < 4.78 is 13.4. The van der Waals surface area contributed by atoms with Crippen LogP contribution in [0.4, 0.5) is 5.82 Å². The van der Waals surface area contributed by atoms with E-state index in [9.17, 15) is 15.3 Å². The van der Waals surface area contributed by atoms with E-state index in [0.717, 1.165) is 24.8 Å². The molecule has 3 heterocycles. The van der Waals surface area contributed by atoms with Gasteiger partial charge in [0.05, 0.1) is 31.7 Å². The average molecular weight is 490 g/mol. The third-order valence-electron chi connectivity index (χ3n) is 6.67. The quantitative estimate of drug-likeness (QED) is 0.367. The third-order valence-corrected chi connectivity index (χ3v) is 6.84. The van der Waals surface area contributed by atoms with Gasteiger partial charge in [-0.05, 0) is 48.9 Å². The van der Waals surface area contributed by atoms with E-state index in [1.807, 2.05) is 12.1 Å². The summed E-state index contributed by atoms with van der Waals surface area (Å²) in [7, 11) is 0. The molecule has 34 heavy (non-hydrogen) atoms. The van der Waals surface area contributed by atoms with Gasteiger partial charge in [0.1, 0.15) is 18.3 Å². The molecule has 182 valence electrons. The summed E-state index contributed by atoms with van der Waals surface area (Å²) in [6.45, 7) is 2.19. The number of aryl methyl sites for hydroxylation is 1. The molecule has 3 aromatic rings. The fourth-order valence-electron chi connectivity index (χ4n) is 4.72. The molecule has 0 spiro atoms. The second-order valence-corrected chi connectivity index (χ2v) is 9.19. The highest BCUT2D eigenvalue weighted by Gasteiger charge is 2.44. The summed E-state index contributed by atoms with van der Waals surface area (Å²) in [5.74, 6) is 0.469. The van der Waals surface area contributed by atoms with Gasteiger partial charge >= 0.3 is 0 Å². The molecular weight excluding hydrogens is 462 g/mol. The van der Waals surface area contributed by atoms with Crippen molar-refractivity contribution in [3.05, 3.63) is 47.0 Å². The van der Waals surface area contributed by atoms with E-state index < -0.39 is 31.1 Å². The van der Waals surface area contributed by atoms with Crippen LogP contribution >= 0.6 is 11.6 Å². The van der Waals surface area contributed by atoms with Crippen molar-refractivity contribution in [2.75, 3.05) is 11.9 Å². The molecule has 1 aliphatic carbocycles. The Morgan fingerprint density at radius 2 is 2.03 bits per heavy atom. The fraction of sp³-hybridized carbons (Fsp3) is 0.522. The van der Waals surface area contributed by atoms with Crippen LogP contribution in [0.25, 0.3) is 11.2 Å². The first-order chi connectivity index (χ1) is 16.5. The molecule has 10 nitrogen and oxygen atoms in total. The number of hydrogen-bond acceptors (Lipinski definition) is 9. The molecule has 0 radical (unpaired) electrons. The zero-order valence-corrected chi connectivity index (χ0v) is 19.5. The van der Waals surface area contributed by atoms with Gasteiger partial charge in [-0.2, -0.15) is 9.97 Å². The smallest absolute Gasteiger partial charge is 0.226 e. The highest BCUT2D eigenvalue weighted by molar-refractivity contribution is 6.28. The zero-order valence-electron chi connectivity index (χ0n) is 18.7. The molecule has 1 aromatic carbocycles. The molecule has 6 atom stereocenters. The first kappa shape index (κ1) is 23.4. The predicted molar refractivity (Wildman–Crippen MR) is 124 cm³/mol. The summed E-state index contributed by atoms with van der Waals surface area (Å²) in [5, 5.41) is 33.4. The Kier molecular flexibility index (Phi) is 6.70. The number of benzene rings is 1. The molecule has 4 N–H and O–H groups in total. The van der Waals surface area contributed by atoms with Gasteiger partial charge in [0.25, 0.3) is 0 Å². The molecule has 11 heteroatoms. The third kappa shape index (κ3) is 4.37. The number of fused-ring (bicyclic) bond motifs is 1. The van der Waals surface area contributed by atoms with Crippen molar-refractivity contribution >= 4 is 28.6 Å². The van der Waals surface area contributed by atoms with Crippen LogP contribution < -0.4 is 5.32 Å². The number of anilines is 1. The number of aliphatic hydroxyl groups is 3. The van der Waals surface area contributed by atoms with Gasteiger partial charge in [-0.1, -0.05) is 24.3 Å². The summed E-state index contributed by atoms with van der Waals surface area (Å²) in [6, 6.07) is 8.20. The van der Waals surface area contributed by atoms with Crippen LogP contribution in [0.5, 0.6) is 0 Å². The maximum Gasteiger partial charge on any atom is 0.226 e. The number of aromatic nitrogens is 4. The standard InChI is InChI=1S/C23H28ClN5O5/c1-12-5-2-3-6-13(12)10-33-15-8-4-7-14(15)26-20-17-21(28-23(24)27-20)29(11-25-17)22-19(32)18(31)16(9-30)34-22/h2-3,5-6,11,14-16,18-19,22,30-32H,4,7-10H2,1H3,(H,26,27,28)/t14?,15-,16+,18+,19+,22+/m0/s1. The van der Waals surface area contributed by atoms with Gasteiger partial charge < -0.3 is 30.1 Å². The minimum Gasteiger partial charge on any atom is -0.394 e. The summed E-state index contributed by atoms with van der Waals surface area (Å²) >= 11 is 6.23. The van der Waals surface area contributed by atoms with Crippen LogP contribution in [0.1, 0.15) is 36.6 Å². The van der Waals surface area contributed by atoms with E-state index in [-0.39, 0.29) is 17.4 Å². The number of halogens is 1. The minimum atomic E-state index is -1.26. The van der Waals surface area contributed by atoms with Crippen LogP contribution in [0, 0.1) is 6.92 Å². The van der Waals surface area contributed by atoms with Crippen molar-refractivity contribution in [2.24, 2.45) is 0 Å². The van der Waals surface area contributed by atoms with E-state index >= 15 is 0 Å². The number of imidazole rings is 1. The van der Waals surface area contributed by atoms with E-state index in [2.05, 4.69) is 39.3 Å². The van der Waals surface area contributed by atoms with Crippen molar-refractivity contribution in [3.8, 4) is 0 Å². The molecule has 5 rings (SSSR count). The first-order valence-corrected chi connectivity index (χ1v) is 11.8. The van der Waals surface area contributed by atoms with Crippen LogP contribution in [-0.4, -0.2) is 71.9 Å². The van der Waals surface area contributed by atoms with E-state index in [0.29, 0.717) is 23.6 Å². The first-order valence-electron chi connectivity index (χ1n) is 11.4. The number of rotatable bonds is 7. The molecule has 1 unspecified atom stereocenters. The van der Waals surface area contributed by atoms with E-state index in [1.54, 1.807) is 0 Å². The summed E-state index contributed by atoms with van der Waals surface area (Å²) in [5.41, 5.74) is 3.18. The van der Waals surface area contributed by atoms with Gasteiger partial charge in [0.2, 0.25) is 5.28 Å².